The van der Waals surface area contributed by atoms with E-state index in [9.17, 15) is 13.2 Å². The van der Waals surface area contributed by atoms with Crippen molar-refractivity contribution in [2.24, 2.45) is 5.10 Å². The summed E-state index contributed by atoms with van der Waals surface area (Å²) in [7, 11) is -3.98. The molecule has 0 aliphatic heterocycles. The van der Waals surface area contributed by atoms with Crippen LogP contribution in [0.3, 0.4) is 0 Å². The van der Waals surface area contributed by atoms with E-state index in [0.29, 0.717) is 5.69 Å². The second kappa shape index (κ2) is 11.1. The summed E-state index contributed by atoms with van der Waals surface area (Å²) in [6, 6.07) is 25.0. The third-order valence-corrected chi connectivity index (χ3v) is 8.21. The van der Waals surface area contributed by atoms with Crippen LogP contribution in [0.25, 0.3) is 5.69 Å². The molecule has 37 heavy (non-hydrogen) atoms. The van der Waals surface area contributed by atoms with Gasteiger partial charge in [0.1, 0.15) is 6.54 Å². The number of carbonyl (C=O) groups excluding carboxylic acids is 1. The predicted molar refractivity (Wildman–Crippen MR) is 151 cm³/mol. The molecule has 7 nitrogen and oxygen atoms in total. The number of halogens is 1. The number of carbonyl (C=O) groups is 1. The molecule has 4 aromatic rings. The first-order valence-electron chi connectivity index (χ1n) is 11.6. The molecular formula is C28H27BrN4O3S. The zero-order valence-corrected chi connectivity index (χ0v) is 23.1. The Hall–Kier alpha value is -3.69. The van der Waals surface area contributed by atoms with Crippen LogP contribution in [0.15, 0.2) is 99.4 Å². The quantitative estimate of drug-likeness (QED) is 0.221. The lowest BCUT2D eigenvalue weighted by molar-refractivity contribution is -0.119. The fourth-order valence-corrected chi connectivity index (χ4v) is 5.70. The minimum atomic E-state index is -3.98. The van der Waals surface area contributed by atoms with Crippen molar-refractivity contribution in [2.75, 3.05) is 10.8 Å². The van der Waals surface area contributed by atoms with Gasteiger partial charge in [-0.3, -0.25) is 9.10 Å². The predicted octanol–water partition coefficient (Wildman–Crippen LogP) is 5.51. The van der Waals surface area contributed by atoms with E-state index in [-0.39, 0.29) is 4.90 Å². The van der Waals surface area contributed by atoms with E-state index < -0.39 is 22.5 Å². The van der Waals surface area contributed by atoms with E-state index in [4.69, 9.17) is 0 Å². The van der Waals surface area contributed by atoms with Crippen molar-refractivity contribution in [1.29, 1.82) is 0 Å². The second-order valence-corrected chi connectivity index (χ2v) is 11.4. The third-order valence-electron chi connectivity index (χ3n) is 5.89. The monoisotopic (exact) mass is 578 g/mol. The van der Waals surface area contributed by atoms with Gasteiger partial charge in [0.15, 0.2) is 0 Å². The van der Waals surface area contributed by atoms with Crippen molar-refractivity contribution in [3.63, 3.8) is 0 Å². The lowest BCUT2D eigenvalue weighted by Crippen LogP contribution is -2.39. The van der Waals surface area contributed by atoms with E-state index in [0.717, 1.165) is 31.4 Å². The number of hydrazone groups is 1. The second-order valence-electron chi connectivity index (χ2n) is 8.59. The average molecular weight is 580 g/mol. The number of amides is 1. The van der Waals surface area contributed by atoms with E-state index >= 15 is 0 Å². The summed E-state index contributed by atoms with van der Waals surface area (Å²) >= 11 is 3.36. The van der Waals surface area contributed by atoms with Crippen molar-refractivity contribution >= 4 is 43.8 Å². The molecular weight excluding hydrogens is 552 g/mol. The van der Waals surface area contributed by atoms with Crippen LogP contribution >= 0.6 is 15.9 Å². The molecule has 0 spiro atoms. The number of anilines is 1. The highest BCUT2D eigenvalue weighted by Gasteiger charge is 2.27. The summed E-state index contributed by atoms with van der Waals surface area (Å²) < 4.78 is 30.7. The average Bonchev–Trinajstić information content (AvgIpc) is 3.17. The van der Waals surface area contributed by atoms with Gasteiger partial charge in [0.2, 0.25) is 0 Å². The van der Waals surface area contributed by atoms with Gasteiger partial charge in [0, 0.05) is 27.1 Å². The van der Waals surface area contributed by atoms with Crippen LogP contribution < -0.4 is 9.73 Å². The Bertz CT molecular complexity index is 1530. The smallest absolute Gasteiger partial charge is 0.264 e. The molecule has 0 fully saturated rings. The van der Waals surface area contributed by atoms with Crippen LogP contribution in [0.5, 0.6) is 0 Å². The highest BCUT2D eigenvalue weighted by atomic mass is 79.9. The van der Waals surface area contributed by atoms with Crippen LogP contribution in [-0.2, 0) is 14.8 Å². The fraction of sp³-hybridized carbons (Fsp3) is 0.143. The number of aromatic nitrogens is 1. The fourth-order valence-electron chi connectivity index (χ4n) is 3.99. The van der Waals surface area contributed by atoms with Gasteiger partial charge >= 0.3 is 0 Å². The molecule has 1 aromatic heterocycles. The maximum Gasteiger partial charge on any atom is 0.264 e. The largest absolute Gasteiger partial charge is 0.318 e. The first-order valence-corrected chi connectivity index (χ1v) is 13.8. The highest BCUT2D eigenvalue weighted by Crippen LogP contribution is 2.25. The maximum atomic E-state index is 13.4. The van der Waals surface area contributed by atoms with E-state index in [2.05, 4.69) is 55.3 Å². The summed E-state index contributed by atoms with van der Waals surface area (Å²) in [5, 5.41) is 4.11. The van der Waals surface area contributed by atoms with Gasteiger partial charge < -0.3 is 4.57 Å². The van der Waals surface area contributed by atoms with E-state index in [1.54, 1.807) is 48.7 Å². The standard InChI is InChI=1S/C28H27BrN4O3S/c1-20-9-13-26(14-10-20)33-21(2)17-23(22(33)3)18-30-31-28(34)19-32(25-15-11-24(29)12-16-25)37(35,36)27-7-5-4-6-8-27/h4-18H,19H2,1-3H3,(H,31,34)/b30-18+. The molecule has 0 unspecified atom stereocenters. The summed E-state index contributed by atoms with van der Waals surface area (Å²) in [6.45, 7) is 5.60. The number of rotatable bonds is 8. The number of hydrogen-bond acceptors (Lipinski definition) is 4. The summed E-state index contributed by atoms with van der Waals surface area (Å²) in [5.41, 5.74) is 7.92. The van der Waals surface area contributed by atoms with Gasteiger partial charge in [-0.1, -0.05) is 51.8 Å². The molecule has 9 heteroatoms. The molecule has 1 amide bonds. The van der Waals surface area contributed by atoms with Crippen molar-refractivity contribution in [2.45, 2.75) is 25.7 Å². The summed E-state index contributed by atoms with van der Waals surface area (Å²) in [5.74, 6) is -0.564. The molecule has 1 heterocycles. The summed E-state index contributed by atoms with van der Waals surface area (Å²) in [6.07, 6.45) is 1.57. The zero-order chi connectivity index (χ0) is 26.6. The molecule has 3 aromatic carbocycles. The Morgan fingerprint density at radius 1 is 0.973 bits per heavy atom. The van der Waals surface area contributed by atoms with Crippen molar-refractivity contribution in [1.82, 2.24) is 9.99 Å². The van der Waals surface area contributed by atoms with Gasteiger partial charge in [-0.25, -0.2) is 13.8 Å². The molecule has 4 rings (SSSR count). The minimum absolute atomic E-state index is 0.0952. The first-order chi connectivity index (χ1) is 17.7. The molecule has 0 aliphatic rings. The van der Waals surface area contributed by atoms with Crippen LogP contribution in [0.2, 0.25) is 0 Å². The molecule has 0 aliphatic carbocycles. The number of nitrogens with one attached hydrogen (secondary N) is 1. The van der Waals surface area contributed by atoms with Gasteiger partial charge in [-0.2, -0.15) is 5.10 Å². The Labute approximate surface area is 225 Å². The van der Waals surface area contributed by atoms with Crippen LogP contribution in [-0.4, -0.2) is 31.7 Å². The van der Waals surface area contributed by atoms with Gasteiger partial charge in [0.25, 0.3) is 15.9 Å². The molecule has 0 atom stereocenters. The maximum absolute atomic E-state index is 13.4. The highest BCUT2D eigenvalue weighted by molar-refractivity contribution is 9.10. The SMILES string of the molecule is Cc1ccc(-n2c(C)cc(/C=N/NC(=O)CN(c3ccc(Br)cc3)S(=O)(=O)c3ccccc3)c2C)cc1. The molecule has 1 N–H and O–H groups in total. The van der Waals surface area contributed by atoms with Crippen molar-refractivity contribution < 1.29 is 13.2 Å². The van der Waals surface area contributed by atoms with E-state index in [1.807, 2.05) is 26.8 Å². The lowest BCUT2D eigenvalue weighted by atomic mass is 10.2. The van der Waals surface area contributed by atoms with Crippen LogP contribution in [0.1, 0.15) is 22.5 Å². The molecule has 0 saturated heterocycles. The number of aryl methyl sites for hydroxylation is 2. The van der Waals surface area contributed by atoms with Crippen LogP contribution in [0, 0.1) is 20.8 Å². The van der Waals surface area contributed by atoms with Crippen LogP contribution in [0.4, 0.5) is 5.69 Å². The Morgan fingerprint density at radius 3 is 2.27 bits per heavy atom. The number of nitrogens with zero attached hydrogens (tertiary/aromatic N) is 3. The minimum Gasteiger partial charge on any atom is -0.318 e. The Balaban J connectivity index is 1.53. The molecule has 190 valence electrons. The number of sulfonamides is 1. The number of benzene rings is 3. The normalized spacial score (nSPS) is 11.6. The molecule has 0 bridgehead atoms. The Morgan fingerprint density at radius 2 is 1.62 bits per heavy atom. The Kier molecular flexibility index (Phi) is 7.94. The lowest BCUT2D eigenvalue weighted by Gasteiger charge is -2.23. The summed E-state index contributed by atoms with van der Waals surface area (Å²) in [4.78, 5) is 12.9. The van der Waals surface area contributed by atoms with Crippen molar-refractivity contribution in [3.05, 3.63) is 112 Å². The van der Waals surface area contributed by atoms with Gasteiger partial charge in [-0.15, -0.1) is 0 Å². The van der Waals surface area contributed by atoms with Gasteiger partial charge in [0.05, 0.1) is 16.8 Å². The number of hydrogen-bond donors (Lipinski definition) is 1. The molecule has 0 radical (unpaired) electrons. The van der Waals surface area contributed by atoms with Gasteiger partial charge in [-0.05, 0) is 75.4 Å². The van der Waals surface area contributed by atoms with Crippen molar-refractivity contribution in [3.8, 4) is 5.69 Å². The third kappa shape index (κ3) is 6.00. The topological polar surface area (TPSA) is 83.8 Å². The van der Waals surface area contributed by atoms with E-state index in [1.165, 1.54) is 17.7 Å². The zero-order valence-electron chi connectivity index (χ0n) is 20.7. The molecule has 0 saturated carbocycles. The first kappa shape index (κ1) is 26.4.